The van der Waals surface area contributed by atoms with Crippen LogP contribution in [0, 0.1) is 6.92 Å². The molecule has 0 spiro atoms. The van der Waals surface area contributed by atoms with Gasteiger partial charge in [-0.05, 0) is 19.1 Å². The Morgan fingerprint density at radius 1 is 1.38 bits per heavy atom. The van der Waals surface area contributed by atoms with E-state index in [4.69, 9.17) is 5.84 Å². The molecule has 0 saturated carbocycles. The van der Waals surface area contributed by atoms with E-state index in [2.05, 4.69) is 20.6 Å². The normalized spacial score (nSPS) is 10.3. The highest BCUT2D eigenvalue weighted by molar-refractivity contribution is 5.86. The van der Waals surface area contributed by atoms with Crippen LogP contribution < -0.4 is 11.3 Å². The molecule has 0 aliphatic carbocycles. The molecule has 2 rings (SSSR count). The Bertz CT molecular complexity index is 439. The van der Waals surface area contributed by atoms with Crippen molar-refractivity contribution in [3.63, 3.8) is 0 Å². The summed E-state index contributed by atoms with van der Waals surface area (Å²) in [6.45, 7) is 1.92. The van der Waals surface area contributed by atoms with Gasteiger partial charge >= 0.3 is 0 Å². The van der Waals surface area contributed by atoms with E-state index in [-0.39, 0.29) is 0 Å². The van der Waals surface area contributed by atoms with E-state index in [1.165, 1.54) is 0 Å². The van der Waals surface area contributed by atoms with E-state index in [9.17, 15) is 0 Å². The molecule has 5 nitrogen and oxygen atoms in total. The van der Waals surface area contributed by atoms with Crippen molar-refractivity contribution in [2.24, 2.45) is 5.84 Å². The van der Waals surface area contributed by atoms with Crippen molar-refractivity contribution in [2.45, 2.75) is 6.92 Å². The van der Waals surface area contributed by atoms with Gasteiger partial charge in [0, 0.05) is 5.69 Å². The van der Waals surface area contributed by atoms with E-state index in [1.807, 2.05) is 19.1 Å². The highest BCUT2D eigenvalue weighted by atomic mass is 15.2. The Labute approximate surface area is 75.0 Å². The van der Waals surface area contributed by atoms with Crippen LogP contribution in [-0.2, 0) is 0 Å². The highest BCUT2D eigenvalue weighted by Gasteiger charge is 2.02. The molecule has 0 amide bonds. The van der Waals surface area contributed by atoms with Crippen LogP contribution in [0.15, 0.2) is 18.3 Å². The third-order valence-corrected chi connectivity index (χ3v) is 1.78. The number of nitrogens with zero attached hydrogens (tertiary/aromatic N) is 3. The fourth-order valence-electron chi connectivity index (χ4n) is 1.14. The standard InChI is InChI=1S/C8H9N5/c1-5-2-3-6-8(11-5)7(12-9)4-10-13-6/h2-4H,9H2,1H3,(H,12,13). The summed E-state index contributed by atoms with van der Waals surface area (Å²) in [4.78, 5) is 4.30. The number of hydrogen-bond donors (Lipinski definition) is 2. The van der Waals surface area contributed by atoms with Gasteiger partial charge in [-0.25, -0.2) is 4.98 Å². The van der Waals surface area contributed by atoms with Gasteiger partial charge in [0.15, 0.2) is 0 Å². The molecule has 0 unspecified atom stereocenters. The number of nitrogen functional groups attached to an aromatic ring is 1. The average Bonchev–Trinajstić information content (AvgIpc) is 2.17. The van der Waals surface area contributed by atoms with Crippen LogP contribution in [0.2, 0.25) is 0 Å². The lowest BCUT2D eigenvalue weighted by atomic mass is 10.3. The van der Waals surface area contributed by atoms with Crippen molar-refractivity contribution in [3.05, 3.63) is 24.0 Å². The summed E-state index contributed by atoms with van der Waals surface area (Å²) < 4.78 is 0. The molecule has 66 valence electrons. The number of pyridine rings is 1. The van der Waals surface area contributed by atoms with E-state index in [0.717, 1.165) is 16.7 Å². The van der Waals surface area contributed by atoms with E-state index < -0.39 is 0 Å². The van der Waals surface area contributed by atoms with Gasteiger partial charge in [-0.2, -0.15) is 5.10 Å². The van der Waals surface area contributed by atoms with Crippen LogP contribution in [0.5, 0.6) is 0 Å². The minimum Gasteiger partial charge on any atom is -0.321 e. The quantitative estimate of drug-likeness (QED) is 0.490. The highest BCUT2D eigenvalue weighted by Crippen LogP contribution is 2.16. The van der Waals surface area contributed by atoms with Crippen LogP contribution in [-0.4, -0.2) is 15.2 Å². The molecule has 5 heteroatoms. The fraction of sp³-hybridized carbons (Fsp3) is 0.125. The van der Waals surface area contributed by atoms with Gasteiger partial charge in [0.05, 0.1) is 11.9 Å². The minimum atomic E-state index is 0.689. The zero-order valence-corrected chi connectivity index (χ0v) is 7.15. The summed E-state index contributed by atoms with van der Waals surface area (Å²) in [6.07, 6.45) is 1.55. The Morgan fingerprint density at radius 2 is 2.23 bits per heavy atom. The van der Waals surface area contributed by atoms with Gasteiger partial charge in [0.2, 0.25) is 0 Å². The monoisotopic (exact) mass is 175 g/mol. The Kier molecular flexibility index (Phi) is 1.79. The maximum Gasteiger partial charge on any atom is 0.117 e. The lowest BCUT2D eigenvalue weighted by Gasteiger charge is -2.02. The number of anilines is 1. The number of nitrogens with one attached hydrogen (secondary N) is 1. The van der Waals surface area contributed by atoms with Crippen LogP contribution in [0.3, 0.4) is 0 Å². The lowest BCUT2D eigenvalue weighted by Crippen LogP contribution is -2.08. The first-order chi connectivity index (χ1) is 6.31. The van der Waals surface area contributed by atoms with Crippen molar-refractivity contribution in [1.82, 2.24) is 15.2 Å². The first-order valence-electron chi connectivity index (χ1n) is 3.87. The van der Waals surface area contributed by atoms with Crippen LogP contribution in [0.4, 0.5) is 5.69 Å². The predicted molar refractivity (Wildman–Crippen MR) is 49.9 cm³/mol. The first-order valence-corrected chi connectivity index (χ1v) is 3.87. The second-order valence-corrected chi connectivity index (χ2v) is 2.72. The van der Waals surface area contributed by atoms with Crippen molar-refractivity contribution < 1.29 is 0 Å². The van der Waals surface area contributed by atoms with Crippen molar-refractivity contribution in [1.29, 1.82) is 0 Å². The molecule has 2 heterocycles. The molecule has 0 aliphatic heterocycles. The molecule has 0 fully saturated rings. The Hall–Kier alpha value is -1.75. The van der Waals surface area contributed by atoms with Crippen LogP contribution in [0.1, 0.15) is 5.69 Å². The van der Waals surface area contributed by atoms with Gasteiger partial charge in [-0.3, -0.25) is 5.84 Å². The number of aromatic nitrogens is 3. The van der Waals surface area contributed by atoms with Crippen molar-refractivity contribution in [2.75, 3.05) is 5.43 Å². The van der Waals surface area contributed by atoms with Crippen molar-refractivity contribution >= 4 is 16.7 Å². The molecule has 3 N–H and O–H groups in total. The van der Waals surface area contributed by atoms with Gasteiger partial charge in [-0.1, -0.05) is 0 Å². The number of aryl methyl sites for hydroxylation is 1. The van der Waals surface area contributed by atoms with Crippen LogP contribution >= 0.6 is 0 Å². The number of fused-ring (bicyclic) bond motifs is 1. The van der Waals surface area contributed by atoms with E-state index >= 15 is 0 Å². The minimum absolute atomic E-state index is 0.689. The number of hydrazine groups is 1. The maximum atomic E-state index is 5.31. The number of hydrogen-bond acceptors (Lipinski definition) is 5. The number of nitrogens with two attached hydrogens (primary N) is 1. The molecular formula is C8H9N5. The van der Waals surface area contributed by atoms with Crippen LogP contribution in [0.25, 0.3) is 11.0 Å². The second kappa shape index (κ2) is 2.95. The molecule has 0 bridgehead atoms. The van der Waals surface area contributed by atoms with E-state index in [0.29, 0.717) is 5.69 Å². The second-order valence-electron chi connectivity index (χ2n) is 2.72. The average molecular weight is 175 g/mol. The Balaban J connectivity index is 2.79. The largest absolute Gasteiger partial charge is 0.321 e. The summed E-state index contributed by atoms with van der Waals surface area (Å²) in [7, 11) is 0. The molecule has 13 heavy (non-hydrogen) atoms. The molecule has 0 atom stereocenters. The number of rotatable bonds is 1. The first kappa shape index (κ1) is 7.88. The van der Waals surface area contributed by atoms with Gasteiger partial charge < -0.3 is 5.43 Å². The molecular weight excluding hydrogens is 166 g/mol. The topological polar surface area (TPSA) is 76.7 Å². The summed E-state index contributed by atoms with van der Waals surface area (Å²) in [5.41, 5.74) is 5.63. The predicted octanol–water partition coefficient (Wildman–Crippen LogP) is 0.619. The summed E-state index contributed by atoms with van der Waals surface area (Å²) in [6, 6.07) is 3.75. The molecule has 2 aromatic rings. The smallest absolute Gasteiger partial charge is 0.117 e. The summed E-state index contributed by atoms with van der Waals surface area (Å²) in [5, 5.41) is 7.70. The zero-order chi connectivity index (χ0) is 9.26. The fourth-order valence-corrected chi connectivity index (χ4v) is 1.14. The molecule has 0 radical (unpaired) electrons. The lowest BCUT2D eigenvalue weighted by molar-refractivity contribution is 1.06. The molecule has 2 aromatic heterocycles. The Morgan fingerprint density at radius 3 is 3.00 bits per heavy atom. The van der Waals surface area contributed by atoms with Gasteiger partial charge in [0.1, 0.15) is 11.0 Å². The zero-order valence-electron chi connectivity index (χ0n) is 7.15. The molecule has 0 aromatic carbocycles. The van der Waals surface area contributed by atoms with Gasteiger partial charge in [-0.15, -0.1) is 5.10 Å². The summed E-state index contributed by atoms with van der Waals surface area (Å²) in [5.74, 6) is 5.31. The van der Waals surface area contributed by atoms with E-state index in [1.54, 1.807) is 6.20 Å². The molecule has 0 saturated heterocycles. The SMILES string of the molecule is Cc1ccc2nncc(NN)c2n1. The molecule has 0 aliphatic rings. The maximum absolute atomic E-state index is 5.31. The van der Waals surface area contributed by atoms with Crippen molar-refractivity contribution in [3.8, 4) is 0 Å². The summed E-state index contributed by atoms with van der Waals surface area (Å²) >= 11 is 0. The third kappa shape index (κ3) is 1.29. The van der Waals surface area contributed by atoms with Gasteiger partial charge in [0.25, 0.3) is 0 Å². The third-order valence-electron chi connectivity index (χ3n) is 1.78.